The van der Waals surface area contributed by atoms with E-state index >= 15 is 0 Å². The SMILES string of the molecule is Cc1ccc(CCC(=O)CNC(=O)c2ccccc2OCC(=O)Cc2ccc(Br)cc2)cc1. The molecule has 33 heavy (non-hydrogen) atoms. The van der Waals surface area contributed by atoms with Crippen molar-refractivity contribution >= 4 is 33.4 Å². The summed E-state index contributed by atoms with van der Waals surface area (Å²) in [6, 6.07) is 22.3. The summed E-state index contributed by atoms with van der Waals surface area (Å²) < 4.78 is 6.58. The highest BCUT2D eigenvalue weighted by Gasteiger charge is 2.15. The Bertz CT molecular complexity index is 1110. The highest BCUT2D eigenvalue weighted by Crippen LogP contribution is 2.18. The Balaban J connectivity index is 1.48. The maximum atomic E-state index is 12.6. The number of amides is 1. The van der Waals surface area contributed by atoms with Crippen LogP contribution in [0.15, 0.2) is 77.3 Å². The van der Waals surface area contributed by atoms with Crippen LogP contribution in [0.4, 0.5) is 0 Å². The van der Waals surface area contributed by atoms with Crippen molar-refractivity contribution in [3.05, 3.63) is 99.5 Å². The van der Waals surface area contributed by atoms with Crippen molar-refractivity contribution in [1.82, 2.24) is 5.32 Å². The van der Waals surface area contributed by atoms with Crippen LogP contribution in [0.25, 0.3) is 0 Å². The van der Waals surface area contributed by atoms with Gasteiger partial charge in [0.05, 0.1) is 12.1 Å². The number of hydrogen-bond acceptors (Lipinski definition) is 4. The Labute approximate surface area is 202 Å². The van der Waals surface area contributed by atoms with E-state index in [1.165, 1.54) is 5.56 Å². The van der Waals surface area contributed by atoms with E-state index in [2.05, 4.69) is 21.2 Å². The van der Waals surface area contributed by atoms with Crippen molar-refractivity contribution in [1.29, 1.82) is 0 Å². The average Bonchev–Trinajstić information content (AvgIpc) is 2.82. The molecule has 0 radical (unpaired) electrons. The van der Waals surface area contributed by atoms with Gasteiger partial charge in [0, 0.05) is 17.3 Å². The molecule has 1 N–H and O–H groups in total. The second-order valence-electron chi connectivity index (χ2n) is 7.83. The first-order chi connectivity index (χ1) is 15.9. The van der Waals surface area contributed by atoms with E-state index in [1.54, 1.807) is 24.3 Å². The first-order valence-electron chi connectivity index (χ1n) is 10.7. The molecule has 0 atom stereocenters. The summed E-state index contributed by atoms with van der Waals surface area (Å²) in [6.45, 7) is 1.82. The van der Waals surface area contributed by atoms with E-state index in [-0.39, 0.29) is 31.1 Å². The van der Waals surface area contributed by atoms with E-state index in [4.69, 9.17) is 4.74 Å². The van der Waals surface area contributed by atoms with Gasteiger partial charge >= 0.3 is 0 Å². The minimum Gasteiger partial charge on any atom is -0.485 e. The van der Waals surface area contributed by atoms with Gasteiger partial charge in [0.15, 0.2) is 11.6 Å². The molecule has 0 unspecified atom stereocenters. The number of ether oxygens (including phenoxy) is 1. The highest BCUT2D eigenvalue weighted by atomic mass is 79.9. The van der Waals surface area contributed by atoms with Gasteiger partial charge in [-0.3, -0.25) is 14.4 Å². The summed E-state index contributed by atoms with van der Waals surface area (Å²) in [7, 11) is 0. The lowest BCUT2D eigenvalue weighted by Crippen LogP contribution is -2.30. The first kappa shape index (κ1) is 24.4. The van der Waals surface area contributed by atoms with Crippen LogP contribution in [0.1, 0.15) is 33.5 Å². The molecular weight excluding hydrogens is 482 g/mol. The van der Waals surface area contributed by atoms with Crippen LogP contribution in [0.3, 0.4) is 0 Å². The lowest BCUT2D eigenvalue weighted by atomic mass is 10.1. The standard InChI is InChI=1S/C27H26BrNO4/c1-19-6-8-20(9-7-19)12-15-23(30)17-29-27(32)25-4-2-3-5-26(25)33-18-24(31)16-21-10-13-22(28)14-11-21/h2-11,13-14H,12,15-18H2,1H3,(H,29,32). The fourth-order valence-electron chi connectivity index (χ4n) is 3.22. The fraction of sp³-hybridized carbons (Fsp3) is 0.222. The van der Waals surface area contributed by atoms with Gasteiger partial charge < -0.3 is 10.1 Å². The fourth-order valence-corrected chi connectivity index (χ4v) is 3.48. The quantitative estimate of drug-likeness (QED) is 0.401. The molecule has 0 aliphatic heterocycles. The number of carbonyl (C=O) groups is 3. The largest absolute Gasteiger partial charge is 0.485 e. The Kier molecular flexibility index (Phi) is 8.95. The van der Waals surface area contributed by atoms with E-state index in [0.717, 1.165) is 15.6 Å². The molecule has 5 nitrogen and oxygen atoms in total. The molecule has 0 heterocycles. The van der Waals surface area contributed by atoms with Crippen molar-refractivity contribution in [3.63, 3.8) is 0 Å². The minimum absolute atomic E-state index is 0.0491. The number of aryl methyl sites for hydroxylation is 2. The Morgan fingerprint density at radius 1 is 0.848 bits per heavy atom. The molecule has 0 aliphatic carbocycles. The maximum Gasteiger partial charge on any atom is 0.255 e. The van der Waals surface area contributed by atoms with Gasteiger partial charge in [-0.05, 0) is 48.7 Å². The van der Waals surface area contributed by atoms with Crippen LogP contribution in [-0.4, -0.2) is 30.6 Å². The molecule has 6 heteroatoms. The van der Waals surface area contributed by atoms with Gasteiger partial charge in [0.2, 0.25) is 0 Å². The molecule has 0 fully saturated rings. The number of nitrogens with one attached hydrogen (secondary N) is 1. The summed E-state index contributed by atoms with van der Waals surface area (Å²) in [6.07, 6.45) is 1.23. The average molecular weight is 508 g/mol. The van der Waals surface area contributed by atoms with Crippen molar-refractivity contribution in [2.75, 3.05) is 13.2 Å². The molecule has 1 amide bonds. The summed E-state index contributed by atoms with van der Waals surface area (Å²) >= 11 is 3.37. The van der Waals surface area contributed by atoms with E-state index < -0.39 is 5.91 Å². The minimum atomic E-state index is -0.408. The number of benzene rings is 3. The molecule has 3 aromatic carbocycles. The molecule has 0 saturated carbocycles. The molecule has 3 rings (SSSR count). The van der Waals surface area contributed by atoms with Crippen LogP contribution < -0.4 is 10.1 Å². The summed E-state index contributed by atoms with van der Waals surface area (Å²) in [5.74, 6) is -0.244. The van der Waals surface area contributed by atoms with Crippen LogP contribution in [-0.2, 0) is 22.4 Å². The number of Topliss-reactive ketones (excluding diaryl/α,β-unsaturated/α-hetero) is 2. The number of halogens is 1. The van der Waals surface area contributed by atoms with Crippen molar-refractivity contribution in [2.45, 2.75) is 26.2 Å². The lowest BCUT2D eigenvalue weighted by molar-refractivity contribution is -0.120. The number of rotatable bonds is 11. The second-order valence-corrected chi connectivity index (χ2v) is 8.75. The van der Waals surface area contributed by atoms with Gasteiger partial charge in [0.25, 0.3) is 5.91 Å². The monoisotopic (exact) mass is 507 g/mol. The third-order valence-corrected chi connectivity index (χ3v) is 5.62. The topological polar surface area (TPSA) is 72.5 Å². The summed E-state index contributed by atoms with van der Waals surface area (Å²) in [5, 5.41) is 2.66. The van der Waals surface area contributed by atoms with Gasteiger partial charge in [-0.25, -0.2) is 0 Å². The Morgan fingerprint density at radius 3 is 2.24 bits per heavy atom. The van der Waals surface area contributed by atoms with Gasteiger partial charge in [-0.2, -0.15) is 0 Å². The summed E-state index contributed by atoms with van der Waals surface area (Å²) in [4.78, 5) is 37.1. The smallest absolute Gasteiger partial charge is 0.255 e. The second kappa shape index (κ2) is 12.1. The number of ketones is 2. The number of carbonyl (C=O) groups excluding carboxylic acids is 3. The van der Waals surface area contributed by atoms with Crippen LogP contribution in [0.2, 0.25) is 0 Å². The normalized spacial score (nSPS) is 10.5. The van der Waals surface area contributed by atoms with Gasteiger partial charge in [0.1, 0.15) is 12.4 Å². The van der Waals surface area contributed by atoms with E-state index in [0.29, 0.717) is 24.2 Å². The van der Waals surface area contributed by atoms with Crippen LogP contribution in [0, 0.1) is 6.92 Å². The number of para-hydroxylation sites is 1. The first-order valence-corrected chi connectivity index (χ1v) is 11.5. The Hall–Kier alpha value is -3.25. The molecule has 170 valence electrons. The molecule has 0 aliphatic rings. The maximum absolute atomic E-state index is 12.6. The molecule has 0 spiro atoms. The zero-order valence-electron chi connectivity index (χ0n) is 18.5. The molecule has 0 bridgehead atoms. The van der Waals surface area contributed by atoms with Crippen molar-refractivity contribution < 1.29 is 19.1 Å². The summed E-state index contributed by atoms with van der Waals surface area (Å²) in [5.41, 5.74) is 3.45. The van der Waals surface area contributed by atoms with Gasteiger partial charge in [-0.1, -0.05) is 70.0 Å². The molecule has 3 aromatic rings. The zero-order chi connectivity index (χ0) is 23.6. The molecular formula is C27H26BrNO4. The van der Waals surface area contributed by atoms with Crippen LogP contribution in [0.5, 0.6) is 5.75 Å². The zero-order valence-corrected chi connectivity index (χ0v) is 20.1. The van der Waals surface area contributed by atoms with Gasteiger partial charge in [-0.15, -0.1) is 0 Å². The highest BCUT2D eigenvalue weighted by molar-refractivity contribution is 9.10. The van der Waals surface area contributed by atoms with E-state index in [9.17, 15) is 14.4 Å². The number of hydrogen-bond donors (Lipinski definition) is 1. The van der Waals surface area contributed by atoms with Crippen LogP contribution >= 0.6 is 15.9 Å². The predicted molar refractivity (Wildman–Crippen MR) is 132 cm³/mol. The molecule has 0 saturated heterocycles. The molecule has 0 aromatic heterocycles. The van der Waals surface area contributed by atoms with E-state index in [1.807, 2.05) is 55.5 Å². The lowest BCUT2D eigenvalue weighted by Gasteiger charge is -2.11. The third kappa shape index (κ3) is 7.99. The third-order valence-electron chi connectivity index (χ3n) is 5.09. The Morgan fingerprint density at radius 2 is 1.52 bits per heavy atom. The predicted octanol–water partition coefficient (Wildman–Crippen LogP) is 4.88. The van der Waals surface area contributed by atoms with Crippen molar-refractivity contribution in [2.24, 2.45) is 0 Å². The van der Waals surface area contributed by atoms with Crippen molar-refractivity contribution in [3.8, 4) is 5.75 Å².